The van der Waals surface area contributed by atoms with Gasteiger partial charge in [-0.25, -0.2) is 4.79 Å². The van der Waals surface area contributed by atoms with Crippen molar-refractivity contribution in [3.8, 4) is 11.1 Å². The summed E-state index contributed by atoms with van der Waals surface area (Å²) in [6, 6.07) is 20.6. The van der Waals surface area contributed by atoms with E-state index in [1.165, 1.54) is 22.3 Å². The minimum Gasteiger partial charge on any atom is -0.449 e. The number of alkyl carbamates (subject to hydrolysis) is 1. The molecule has 0 saturated heterocycles. The minimum atomic E-state index is -0.417. The van der Waals surface area contributed by atoms with E-state index < -0.39 is 6.09 Å². The Morgan fingerprint density at radius 3 is 2.57 bits per heavy atom. The number of carbonyl (C=O) groups excluding carboxylic acids is 1. The predicted octanol–water partition coefficient (Wildman–Crippen LogP) is 5.11. The molecule has 0 atom stereocenters. The van der Waals surface area contributed by atoms with Crippen molar-refractivity contribution >= 4 is 23.2 Å². The number of amides is 1. The van der Waals surface area contributed by atoms with Gasteiger partial charge in [-0.05, 0) is 39.9 Å². The average molecular weight is 395 g/mol. The Balaban J connectivity index is 1.18. The summed E-state index contributed by atoms with van der Waals surface area (Å²) in [6.45, 7) is 0.705. The van der Waals surface area contributed by atoms with Gasteiger partial charge in [-0.3, -0.25) is 4.98 Å². The fourth-order valence-corrected chi connectivity index (χ4v) is 4.03. The van der Waals surface area contributed by atoms with E-state index in [-0.39, 0.29) is 5.92 Å². The molecule has 4 aromatic rings. The summed E-state index contributed by atoms with van der Waals surface area (Å²) in [6.07, 6.45) is 7.06. The first kappa shape index (κ1) is 18.2. The van der Waals surface area contributed by atoms with Gasteiger partial charge in [-0.1, -0.05) is 60.7 Å². The summed E-state index contributed by atoms with van der Waals surface area (Å²) in [4.78, 5) is 19.7. The third-order valence-electron chi connectivity index (χ3n) is 5.44. The van der Waals surface area contributed by atoms with Crippen LogP contribution >= 0.6 is 0 Å². The lowest BCUT2D eigenvalue weighted by Crippen LogP contribution is -2.26. The van der Waals surface area contributed by atoms with Crippen molar-refractivity contribution in [1.29, 1.82) is 0 Å². The smallest absolute Gasteiger partial charge is 0.407 e. The minimum absolute atomic E-state index is 0.0669. The molecular weight excluding hydrogens is 374 g/mol. The number of ether oxygens (including phenoxy) is 1. The molecular formula is C25H21N3O2. The summed E-state index contributed by atoms with van der Waals surface area (Å²) >= 11 is 0. The molecule has 30 heavy (non-hydrogen) atoms. The van der Waals surface area contributed by atoms with Crippen molar-refractivity contribution in [2.45, 2.75) is 5.92 Å². The molecule has 148 valence electrons. The number of nitrogens with one attached hydrogen (secondary N) is 2. The molecule has 0 spiro atoms. The molecule has 5 heteroatoms. The Morgan fingerprint density at radius 1 is 1.07 bits per heavy atom. The van der Waals surface area contributed by atoms with Crippen molar-refractivity contribution in [2.24, 2.45) is 0 Å². The zero-order valence-electron chi connectivity index (χ0n) is 16.3. The number of pyridine rings is 1. The molecule has 1 amide bonds. The summed E-state index contributed by atoms with van der Waals surface area (Å²) in [5.41, 5.74) is 7.75. The largest absolute Gasteiger partial charge is 0.449 e. The van der Waals surface area contributed by atoms with E-state index in [9.17, 15) is 4.79 Å². The highest BCUT2D eigenvalue weighted by Gasteiger charge is 2.28. The summed E-state index contributed by atoms with van der Waals surface area (Å²) in [5.74, 6) is 0.0669. The number of hydrogen-bond acceptors (Lipinski definition) is 3. The lowest BCUT2D eigenvalue weighted by Gasteiger charge is -2.14. The molecule has 5 rings (SSSR count). The second kappa shape index (κ2) is 7.87. The second-order valence-electron chi connectivity index (χ2n) is 7.29. The van der Waals surface area contributed by atoms with Gasteiger partial charge in [0.05, 0.1) is 11.0 Å². The monoisotopic (exact) mass is 395 g/mol. The highest BCUT2D eigenvalue weighted by molar-refractivity contribution is 5.79. The Morgan fingerprint density at radius 2 is 1.80 bits per heavy atom. The highest BCUT2D eigenvalue weighted by Crippen LogP contribution is 2.44. The van der Waals surface area contributed by atoms with Crippen LogP contribution in [0.2, 0.25) is 0 Å². The van der Waals surface area contributed by atoms with Crippen LogP contribution in [0.1, 0.15) is 22.6 Å². The van der Waals surface area contributed by atoms with E-state index in [1.54, 1.807) is 6.20 Å². The van der Waals surface area contributed by atoms with Gasteiger partial charge >= 0.3 is 6.09 Å². The van der Waals surface area contributed by atoms with E-state index in [2.05, 4.69) is 39.6 Å². The van der Waals surface area contributed by atoms with Gasteiger partial charge in [0, 0.05) is 24.9 Å². The number of fused-ring (bicyclic) bond motifs is 4. The van der Waals surface area contributed by atoms with Crippen LogP contribution in [-0.4, -0.2) is 29.2 Å². The normalized spacial score (nSPS) is 12.8. The number of benzene rings is 2. The van der Waals surface area contributed by atoms with Crippen LogP contribution in [0.25, 0.3) is 28.2 Å². The van der Waals surface area contributed by atoms with Crippen LogP contribution in [0.3, 0.4) is 0 Å². The van der Waals surface area contributed by atoms with E-state index in [0.717, 1.165) is 16.6 Å². The third-order valence-corrected chi connectivity index (χ3v) is 5.44. The van der Waals surface area contributed by atoms with Crippen LogP contribution in [0.4, 0.5) is 4.79 Å². The maximum absolute atomic E-state index is 12.2. The number of rotatable bonds is 5. The summed E-state index contributed by atoms with van der Waals surface area (Å²) < 4.78 is 5.54. The van der Waals surface area contributed by atoms with Gasteiger partial charge in [0.15, 0.2) is 0 Å². The van der Waals surface area contributed by atoms with Gasteiger partial charge in [0.2, 0.25) is 0 Å². The van der Waals surface area contributed by atoms with Crippen LogP contribution in [0, 0.1) is 0 Å². The Labute approximate surface area is 174 Å². The summed E-state index contributed by atoms with van der Waals surface area (Å²) in [7, 11) is 0. The molecule has 5 nitrogen and oxygen atoms in total. The summed E-state index contributed by atoms with van der Waals surface area (Å²) in [5, 5.41) is 2.78. The molecule has 2 heterocycles. The molecule has 0 bridgehead atoms. The molecule has 0 aliphatic heterocycles. The molecule has 2 N–H and O–H groups in total. The van der Waals surface area contributed by atoms with Crippen LogP contribution < -0.4 is 5.32 Å². The zero-order valence-corrected chi connectivity index (χ0v) is 16.3. The Hall–Kier alpha value is -3.86. The third kappa shape index (κ3) is 3.46. The maximum Gasteiger partial charge on any atom is 0.407 e. The van der Waals surface area contributed by atoms with Gasteiger partial charge in [0.25, 0.3) is 0 Å². The van der Waals surface area contributed by atoms with Crippen molar-refractivity contribution < 1.29 is 9.53 Å². The number of nitrogens with zero attached hydrogens (tertiary/aromatic N) is 1. The molecule has 0 unspecified atom stereocenters. The highest BCUT2D eigenvalue weighted by atomic mass is 16.5. The van der Waals surface area contributed by atoms with Gasteiger partial charge < -0.3 is 15.0 Å². The predicted molar refractivity (Wildman–Crippen MR) is 118 cm³/mol. The van der Waals surface area contributed by atoms with Crippen LogP contribution in [0.15, 0.2) is 79.1 Å². The number of aromatic nitrogens is 2. The van der Waals surface area contributed by atoms with Crippen molar-refractivity contribution in [2.75, 3.05) is 13.2 Å². The van der Waals surface area contributed by atoms with Crippen molar-refractivity contribution in [1.82, 2.24) is 15.3 Å². The zero-order chi connectivity index (χ0) is 20.3. The fraction of sp³-hybridized carbons (Fsp3) is 0.120. The maximum atomic E-state index is 12.2. The first-order valence-electron chi connectivity index (χ1n) is 9.98. The quantitative estimate of drug-likeness (QED) is 0.493. The molecule has 0 fully saturated rings. The lowest BCUT2D eigenvalue weighted by atomic mass is 9.98. The van der Waals surface area contributed by atoms with Crippen molar-refractivity contribution in [3.05, 3.63) is 95.8 Å². The van der Waals surface area contributed by atoms with E-state index in [4.69, 9.17) is 4.74 Å². The molecule has 1 aliphatic rings. The average Bonchev–Trinajstić information content (AvgIpc) is 3.37. The van der Waals surface area contributed by atoms with E-state index in [0.29, 0.717) is 13.2 Å². The first-order chi connectivity index (χ1) is 14.8. The van der Waals surface area contributed by atoms with Crippen LogP contribution in [0.5, 0.6) is 0 Å². The number of hydrogen-bond donors (Lipinski definition) is 2. The van der Waals surface area contributed by atoms with E-state index in [1.807, 2.05) is 54.7 Å². The van der Waals surface area contributed by atoms with Gasteiger partial charge in [-0.15, -0.1) is 0 Å². The number of aromatic amines is 1. The SMILES string of the molecule is O=C(NCC=Cc1cnc2cc[nH]c2c1)OCC1c2ccccc2-c2ccccc21. The fourth-order valence-electron chi connectivity index (χ4n) is 4.03. The molecule has 2 aromatic heterocycles. The Kier molecular flexibility index (Phi) is 4.77. The molecule has 0 saturated carbocycles. The topological polar surface area (TPSA) is 67.0 Å². The van der Waals surface area contributed by atoms with Gasteiger partial charge in [0.1, 0.15) is 6.61 Å². The van der Waals surface area contributed by atoms with Gasteiger partial charge in [-0.2, -0.15) is 0 Å². The lowest BCUT2D eigenvalue weighted by molar-refractivity contribution is 0.144. The molecule has 1 aliphatic carbocycles. The Bertz CT molecular complexity index is 1200. The molecule has 2 aromatic carbocycles. The molecule has 0 radical (unpaired) electrons. The van der Waals surface area contributed by atoms with Crippen molar-refractivity contribution in [3.63, 3.8) is 0 Å². The van der Waals surface area contributed by atoms with E-state index >= 15 is 0 Å². The second-order valence-corrected chi connectivity index (χ2v) is 7.29. The van der Waals surface area contributed by atoms with Crippen LogP contribution in [-0.2, 0) is 4.74 Å². The number of H-pyrrole nitrogens is 1. The number of carbonyl (C=O) groups is 1. The first-order valence-corrected chi connectivity index (χ1v) is 9.98. The standard InChI is InChI=1S/C25H21N3O2/c29-25(27-12-5-6-17-14-24-23(28-15-17)11-13-26-24)30-16-22-20-9-3-1-7-18(20)19-8-2-4-10-21(19)22/h1-11,13-15,22,26H,12,16H2,(H,27,29).